The first kappa shape index (κ1) is 6.45. The maximum absolute atomic E-state index is 2.41. The van der Waals surface area contributed by atoms with E-state index in [9.17, 15) is 0 Å². The molecule has 0 N–H and O–H groups in total. The maximum atomic E-state index is 2.41. The molecule has 10 heavy (non-hydrogen) atoms. The zero-order valence-electron chi connectivity index (χ0n) is 6.93. The molecule has 0 aromatic carbocycles. The lowest BCUT2D eigenvalue weighted by atomic mass is 9.87. The van der Waals surface area contributed by atoms with Crippen molar-refractivity contribution in [3.8, 4) is 0 Å². The van der Waals surface area contributed by atoms with Crippen LogP contribution in [0.5, 0.6) is 0 Å². The molecule has 2 rings (SSSR count). The average molecular weight is 136 g/mol. The molecule has 2 bridgehead atoms. The fourth-order valence-corrected chi connectivity index (χ4v) is 2.75. The molecule has 0 spiro atoms. The van der Waals surface area contributed by atoms with Gasteiger partial charge in [-0.25, -0.2) is 0 Å². The lowest BCUT2D eigenvalue weighted by molar-refractivity contribution is 0.404. The third-order valence-electron chi connectivity index (χ3n) is 3.44. The van der Waals surface area contributed by atoms with Crippen LogP contribution >= 0.6 is 0 Å². The van der Waals surface area contributed by atoms with Crippen LogP contribution in [0.3, 0.4) is 0 Å². The molecule has 0 aromatic rings. The van der Waals surface area contributed by atoms with Crippen LogP contribution in [0.2, 0.25) is 0 Å². The molecule has 56 valence electrons. The van der Waals surface area contributed by atoms with Gasteiger partial charge in [-0.1, -0.05) is 18.6 Å². The molecule has 0 nitrogen and oxygen atoms in total. The van der Waals surface area contributed by atoms with E-state index in [1.54, 1.807) is 5.57 Å². The van der Waals surface area contributed by atoms with Crippen LogP contribution in [0.4, 0.5) is 0 Å². The highest BCUT2D eigenvalue weighted by Gasteiger charge is 2.39. The van der Waals surface area contributed by atoms with Gasteiger partial charge in [-0.15, -0.1) is 0 Å². The van der Waals surface area contributed by atoms with Gasteiger partial charge in [0.05, 0.1) is 0 Å². The second-order valence-corrected chi connectivity index (χ2v) is 3.97. The van der Waals surface area contributed by atoms with Crippen molar-refractivity contribution in [3.63, 3.8) is 0 Å². The molecule has 2 fully saturated rings. The normalized spacial score (nSPS) is 49.0. The molecule has 0 aromatic heterocycles. The predicted molar refractivity (Wildman–Crippen MR) is 43.8 cm³/mol. The standard InChI is InChI=1S/C10H16/c1-3-8-5-9-6-10(8)4-7(9)2/h3,7,9-10H,4-6H2,1-2H3/b8-3+. The Morgan fingerprint density at radius 1 is 1.40 bits per heavy atom. The van der Waals surface area contributed by atoms with Crippen LogP contribution in [0.15, 0.2) is 11.6 Å². The lowest BCUT2D eigenvalue weighted by Crippen LogP contribution is -2.07. The van der Waals surface area contributed by atoms with E-state index in [-0.39, 0.29) is 0 Å². The second-order valence-electron chi connectivity index (χ2n) is 3.97. The molecule has 3 unspecified atom stereocenters. The SMILES string of the molecule is C/C=C1\CC2CC1CC2C. The minimum Gasteiger partial charge on any atom is -0.0882 e. The van der Waals surface area contributed by atoms with Crippen LogP contribution in [0.25, 0.3) is 0 Å². The molecule has 0 radical (unpaired) electrons. The number of fused-ring (bicyclic) bond motifs is 2. The van der Waals surface area contributed by atoms with E-state index in [4.69, 9.17) is 0 Å². The van der Waals surface area contributed by atoms with E-state index in [0.29, 0.717) is 0 Å². The molecule has 0 heterocycles. The predicted octanol–water partition coefficient (Wildman–Crippen LogP) is 3.00. The first-order valence-corrected chi connectivity index (χ1v) is 4.46. The van der Waals surface area contributed by atoms with Gasteiger partial charge >= 0.3 is 0 Å². The van der Waals surface area contributed by atoms with Gasteiger partial charge in [0.2, 0.25) is 0 Å². The minimum absolute atomic E-state index is 0.991. The molecule has 0 aliphatic heterocycles. The summed E-state index contributed by atoms with van der Waals surface area (Å²) in [5, 5.41) is 0. The van der Waals surface area contributed by atoms with Crippen molar-refractivity contribution in [1.29, 1.82) is 0 Å². The zero-order valence-corrected chi connectivity index (χ0v) is 6.93. The van der Waals surface area contributed by atoms with Crippen LogP contribution in [-0.2, 0) is 0 Å². The number of rotatable bonds is 0. The van der Waals surface area contributed by atoms with Crippen molar-refractivity contribution >= 4 is 0 Å². The number of allylic oxidation sites excluding steroid dienone is 2. The summed E-state index contributed by atoms with van der Waals surface area (Å²) in [6.45, 7) is 4.61. The van der Waals surface area contributed by atoms with Gasteiger partial charge in [0.1, 0.15) is 0 Å². The summed E-state index contributed by atoms with van der Waals surface area (Å²) in [5.41, 5.74) is 1.75. The monoisotopic (exact) mass is 136 g/mol. The Morgan fingerprint density at radius 3 is 2.60 bits per heavy atom. The highest BCUT2D eigenvalue weighted by atomic mass is 14.4. The molecular formula is C10H16. The van der Waals surface area contributed by atoms with E-state index >= 15 is 0 Å². The van der Waals surface area contributed by atoms with Crippen molar-refractivity contribution in [2.75, 3.05) is 0 Å². The van der Waals surface area contributed by atoms with Gasteiger partial charge in [-0.05, 0) is 43.9 Å². The fraction of sp³-hybridized carbons (Fsp3) is 0.800. The molecule has 3 atom stereocenters. The molecule has 2 aliphatic rings. The third kappa shape index (κ3) is 0.744. The third-order valence-corrected chi connectivity index (χ3v) is 3.44. The van der Waals surface area contributed by atoms with Crippen LogP contribution in [0, 0.1) is 17.8 Å². The Bertz CT molecular complexity index is 165. The summed E-state index contributed by atoms with van der Waals surface area (Å²) in [7, 11) is 0. The van der Waals surface area contributed by atoms with Crippen molar-refractivity contribution in [2.45, 2.75) is 33.1 Å². The van der Waals surface area contributed by atoms with Crippen molar-refractivity contribution < 1.29 is 0 Å². The molecular weight excluding hydrogens is 120 g/mol. The molecule has 2 aliphatic carbocycles. The van der Waals surface area contributed by atoms with Crippen LogP contribution in [0.1, 0.15) is 33.1 Å². The quantitative estimate of drug-likeness (QED) is 0.449. The summed E-state index contributed by atoms with van der Waals surface area (Å²) in [4.78, 5) is 0. The van der Waals surface area contributed by atoms with Crippen molar-refractivity contribution in [2.24, 2.45) is 17.8 Å². The van der Waals surface area contributed by atoms with Gasteiger partial charge in [0.25, 0.3) is 0 Å². The van der Waals surface area contributed by atoms with Crippen molar-refractivity contribution in [3.05, 3.63) is 11.6 Å². The largest absolute Gasteiger partial charge is 0.0882 e. The molecule has 0 saturated heterocycles. The van der Waals surface area contributed by atoms with Gasteiger partial charge in [-0.2, -0.15) is 0 Å². The summed E-state index contributed by atoms with van der Waals surface area (Å²) in [6.07, 6.45) is 6.74. The van der Waals surface area contributed by atoms with Gasteiger partial charge < -0.3 is 0 Å². The molecule has 2 saturated carbocycles. The molecule has 0 heteroatoms. The number of hydrogen-bond acceptors (Lipinski definition) is 0. The Labute approximate surface area is 63.3 Å². The van der Waals surface area contributed by atoms with Crippen LogP contribution < -0.4 is 0 Å². The Kier molecular flexibility index (Phi) is 1.36. The molecule has 0 amide bonds. The zero-order chi connectivity index (χ0) is 7.14. The average Bonchev–Trinajstić information content (AvgIpc) is 2.44. The Hall–Kier alpha value is -0.260. The van der Waals surface area contributed by atoms with Gasteiger partial charge in [0.15, 0.2) is 0 Å². The number of hydrogen-bond donors (Lipinski definition) is 0. The minimum atomic E-state index is 0.991. The van der Waals surface area contributed by atoms with E-state index in [1.807, 2.05) is 0 Å². The van der Waals surface area contributed by atoms with Gasteiger partial charge in [0, 0.05) is 0 Å². The van der Waals surface area contributed by atoms with Gasteiger partial charge in [-0.3, -0.25) is 0 Å². The Balaban J connectivity index is 2.16. The first-order chi connectivity index (χ1) is 4.81. The lowest BCUT2D eigenvalue weighted by Gasteiger charge is -2.18. The summed E-state index contributed by atoms with van der Waals surface area (Å²) in [6, 6.07) is 0. The highest BCUT2D eigenvalue weighted by Crippen LogP contribution is 2.50. The summed E-state index contributed by atoms with van der Waals surface area (Å²) >= 11 is 0. The van der Waals surface area contributed by atoms with E-state index in [1.165, 1.54) is 19.3 Å². The van der Waals surface area contributed by atoms with Crippen LogP contribution in [-0.4, -0.2) is 0 Å². The topological polar surface area (TPSA) is 0 Å². The first-order valence-electron chi connectivity index (χ1n) is 4.46. The fourth-order valence-electron chi connectivity index (χ4n) is 2.75. The summed E-state index contributed by atoms with van der Waals surface area (Å²) in [5.74, 6) is 3.06. The van der Waals surface area contributed by atoms with E-state index < -0.39 is 0 Å². The second kappa shape index (κ2) is 2.11. The van der Waals surface area contributed by atoms with E-state index in [0.717, 1.165) is 17.8 Å². The Morgan fingerprint density at radius 2 is 2.20 bits per heavy atom. The highest BCUT2D eigenvalue weighted by molar-refractivity contribution is 5.16. The maximum Gasteiger partial charge on any atom is -0.0198 e. The van der Waals surface area contributed by atoms with Crippen molar-refractivity contribution in [1.82, 2.24) is 0 Å². The van der Waals surface area contributed by atoms with E-state index in [2.05, 4.69) is 19.9 Å². The summed E-state index contributed by atoms with van der Waals surface area (Å²) < 4.78 is 0. The smallest absolute Gasteiger partial charge is 0.0198 e.